The van der Waals surface area contributed by atoms with E-state index in [1.807, 2.05) is 28.9 Å². The van der Waals surface area contributed by atoms with E-state index in [9.17, 15) is 0 Å². The molecule has 0 unspecified atom stereocenters. The maximum atomic E-state index is 5.92. The molecular weight excluding hydrogens is 226 g/mol. The van der Waals surface area contributed by atoms with Crippen molar-refractivity contribution in [1.29, 1.82) is 0 Å². The molecule has 80 valence electrons. The number of aromatic nitrogens is 2. The third-order valence-corrected chi connectivity index (χ3v) is 2.72. The van der Waals surface area contributed by atoms with Crippen LogP contribution < -0.4 is 5.73 Å². The van der Waals surface area contributed by atoms with Crippen molar-refractivity contribution in [2.75, 3.05) is 5.73 Å². The number of nitrogens with two attached hydrogens (primary N) is 1. The number of nitrogen functional groups attached to an aromatic ring is 1. The second-order valence-electron chi connectivity index (χ2n) is 3.41. The molecule has 0 spiro atoms. The van der Waals surface area contributed by atoms with Gasteiger partial charge in [0.2, 0.25) is 0 Å². The maximum Gasteiger partial charge on any atom is 0.162 e. The first-order valence-corrected chi connectivity index (χ1v) is 5.10. The fourth-order valence-electron chi connectivity index (χ4n) is 1.59. The highest BCUT2D eigenvalue weighted by atomic mass is 35.5. The Morgan fingerprint density at radius 1 is 1.38 bits per heavy atom. The van der Waals surface area contributed by atoms with Gasteiger partial charge in [-0.15, -0.1) is 0 Å². The third-order valence-electron chi connectivity index (χ3n) is 2.39. The van der Waals surface area contributed by atoms with Gasteiger partial charge in [-0.3, -0.25) is 0 Å². The summed E-state index contributed by atoms with van der Waals surface area (Å²) in [5.41, 5.74) is 7.69. The summed E-state index contributed by atoms with van der Waals surface area (Å²) in [4.78, 5) is 4.38. The first-order chi connectivity index (χ1) is 7.75. The van der Waals surface area contributed by atoms with Crippen molar-refractivity contribution in [3.05, 3.63) is 41.9 Å². The van der Waals surface area contributed by atoms with Gasteiger partial charge in [0, 0.05) is 12.4 Å². The van der Waals surface area contributed by atoms with Crippen molar-refractivity contribution < 1.29 is 4.42 Å². The summed E-state index contributed by atoms with van der Waals surface area (Å²) < 4.78 is 7.09. The maximum absolute atomic E-state index is 5.92. The average molecular weight is 234 g/mol. The quantitative estimate of drug-likeness (QED) is 0.703. The number of nitrogens with zero attached hydrogens (tertiary/aromatic N) is 2. The van der Waals surface area contributed by atoms with E-state index >= 15 is 0 Å². The molecule has 3 heterocycles. The van der Waals surface area contributed by atoms with Crippen LogP contribution in [-0.2, 0) is 0 Å². The molecule has 5 heteroatoms. The summed E-state index contributed by atoms with van der Waals surface area (Å²) in [5.74, 6) is 0.708. The Morgan fingerprint density at radius 2 is 2.25 bits per heavy atom. The van der Waals surface area contributed by atoms with E-state index in [4.69, 9.17) is 21.8 Å². The number of halogens is 1. The molecule has 3 aromatic heterocycles. The zero-order chi connectivity index (χ0) is 11.1. The second-order valence-corrected chi connectivity index (χ2v) is 3.82. The number of hydrogen-bond donors (Lipinski definition) is 1. The lowest BCUT2D eigenvalue weighted by atomic mass is 10.4. The number of imidazole rings is 1. The lowest BCUT2D eigenvalue weighted by Gasteiger charge is -1.98. The largest absolute Gasteiger partial charge is 0.463 e. The van der Waals surface area contributed by atoms with Crippen molar-refractivity contribution >= 4 is 22.9 Å². The second kappa shape index (κ2) is 3.28. The van der Waals surface area contributed by atoms with Crippen molar-refractivity contribution in [1.82, 2.24) is 9.38 Å². The van der Waals surface area contributed by atoms with Gasteiger partial charge in [-0.25, -0.2) is 4.98 Å². The van der Waals surface area contributed by atoms with Gasteiger partial charge in [-0.2, -0.15) is 0 Å². The van der Waals surface area contributed by atoms with Gasteiger partial charge in [0.15, 0.2) is 11.4 Å². The van der Waals surface area contributed by atoms with Gasteiger partial charge >= 0.3 is 0 Å². The predicted octanol–water partition coefficient (Wildman–Crippen LogP) is 2.83. The van der Waals surface area contributed by atoms with Crippen molar-refractivity contribution in [3.8, 4) is 11.5 Å². The number of hydrogen-bond acceptors (Lipinski definition) is 3. The van der Waals surface area contributed by atoms with E-state index in [1.165, 1.54) is 0 Å². The molecule has 0 bridgehead atoms. The Kier molecular flexibility index (Phi) is 1.91. The Labute approximate surface area is 96.3 Å². The molecule has 0 aliphatic heterocycles. The van der Waals surface area contributed by atoms with Crippen molar-refractivity contribution in [2.45, 2.75) is 0 Å². The number of anilines is 1. The van der Waals surface area contributed by atoms with E-state index in [-0.39, 0.29) is 0 Å². The van der Waals surface area contributed by atoms with E-state index < -0.39 is 0 Å². The minimum atomic E-state index is 0.474. The summed E-state index contributed by atoms with van der Waals surface area (Å²) in [6.07, 6.45) is 5.27. The number of fused-ring (bicyclic) bond motifs is 1. The van der Waals surface area contributed by atoms with E-state index in [0.29, 0.717) is 22.1 Å². The lowest BCUT2D eigenvalue weighted by Crippen LogP contribution is -1.92. The van der Waals surface area contributed by atoms with Crippen LogP contribution in [0.5, 0.6) is 0 Å². The summed E-state index contributed by atoms with van der Waals surface area (Å²) in [6, 6.07) is 5.40. The van der Waals surface area contributed by atoms with Crippen LogP contribution in [0.4, 0.5) is 5.69 Å². The highest BCUT2D eigenvalue weighted by molar-refractivity contribution is 6.33. The summed E-state index contributed by atoms with van der Waals surface area (Å²) >= 11 is 5.92. The molecule has 4 nitrogen and oxygen atoms in total. The number of furan rings is 1. The molecule has 3 rings (SSSR count). The molecule has 0 radical (unpaired) electrons. The highest BCUT2D eigenvalue weighted by Gasteiger charge is 2.10. The lowest BCUT2D eigenvalue weighted by molar-refractivity contribution is 0.580. The zero-order valence-electron chi connectivity index (χ0n) is 8.22. The fourth-order valence-corrected chi connectivity index (χ4v) is 1.73. The first kappa shape index (κ1) is 9.30. The third kappa shape index (κ3) is 1.27. The van der Waals surface area contributed by atoms with Crippen LogP contribution in [0, 0.1) is 0 Å². The Bertz CT molecular complexity index is 643. The van der Waals surface area contributed by atoms with Gasteiger partial charge in [0.1, 0.15) is 5.69 Å². The predicted molar refractivity (Wildman–Crippen MR) is 62.3 cm³/mol. The van der Waals surface area contributed by atoms with Crippen LogP contribution in [0.2, 0.25) is 5.02 Å². The molecule has 0 aliphatic rings. The smallest absolute Gasteiger partial charge is 0.162 e. The molecule has 3 aromatic rings. The summed E-state index contributed by atoms with van der Waals surface area (Å²) in [7, 11) is 0. The van der Waals surface area contributed by atoms with Gasteiger partial charge in [-0.1, -0.05) is 11.6 Å². The molecule has 2 N–H and O–H groups in total. The number of rotatable bonds is 1. The Balaban J connectivity index is 2.28. The monoisotopic (exact) mass is 233 g/mol. The molecule has 16 heavy (non-hydrogen) atoms. The molecule has 0 saturated heterocycles. The molecule has 0 amide bonds. The normalized spacial score (nSPS) is 11.1. The highest BCUT2D eigenvalue weighted by Crippen LogP contribution is 2.26. The first-order valence-electron chi connectivity index (χ1n) is 4.72. The van der Waals surface area contributed by atoms with Gasteiger partial charge < -0.3 is 14.6 Å². The molecular formula is C11H8ClN3O. The van der Waals surface area contributed by atoms with Gasteiger partial charge in [-0.05, 0) is 18.2 Å². The minimum Gasteiger partial charge on any atom is -0.463 e. The van der Waals surface area contributed by atoms with E-state index in [0.717, 1.165) is 5.69 Å². The standard InChI is InChI=1S/C11H8ClN3O/c12-7-3-4-15-6-8(9-2-1-5-16-9)14-11(15)10(7)13/h1-6H,13H2. The van der Waals surface area contributed by atoms with E-state index in [1.54, 1.807) is 12.3 Å². The number of pyridine rings is 1. The van der Waals surface area contributed by atoms with Crippen LogP contribution in [0.25, 0.3) is 17.1 Å². The Hall–Kier alpha value is -1.94. The van der Waals surface area contributed by atoms with Crippen LogP contribution in [0.15, 0.2) is 41.3 Å². The molecule has 0 atom stereocenters. The molecule has 0 aromatic carbocycles. The fraction of sp³-hybridized carbons (Fsp3) is 0. The van der Waals surface area contributed by atoms with Crippen LogP contribution in [0.1, 0.15) is 0 Å². The van der Waals surface area contributed by atoms with Gasteiger partial charge in [0.25, 0.3) is 0 Å². The van der Waals surface area contributed by atoms with E-state index in [2.05, 4.69) is 4.98 Å². The average Bonchev–Trinajstić information content (AvgIpc) is 2.91. The molecule has 0 saturated carbocycles. The topological polar surface area (TPSA) is 56.5 Å². The van der Waals surface area contributed by atoms with Crippen LogP contribution in [0.3, 0.4) is 0 Å². The molecule has 0 aliphatic carbocycles. The van der Waals surface area contributed by atoms with Crippen LogP contribution in [-0.4, -0.2) is 9.38 Å². The minimum absolute atomic E-state index is 0.474. The van der Waals surface area contributed by atoms with Gasteiger partial charge in [0.05, 0.1) is 17.0 Å². The summed E-state index contributed by atoms with van der Waals surface area (Å²) in [5, 5.41) is 0.504. The molecule has 0 fully saturated rings. The Morgan fingerprint density at radius 3 is 3.00 bits per heavy atom. The zero-order valence-corrected chi connectivity index (χ0v) is 8.98. The van der Waals surface area contributed by atoms with Crippen molar-refractivity contribution in [3.63, 3.8) is 0 Å². The van der Waals surface area contributed by atoms with Crippen molar-refractivity contribution in [2.24, 2.45) is 0 Å². The summed E-state index contributed by atoms with van der Waals surface area (Å²) in [6.45, 7) is 0. The van der Waals surface area contributed by atoms with Crippen LogP contribution >= 0.6 is 11.6 Å². The SMILES string of the molecule is Nc1c(Cl)ccn2cc(-c3ccco3)nc12.